The molecule has 1 heterocycles. The molecule has 4 nitrogen and oxygen atoms in total. The lowest BCUT2D eigenvalue weighted by Crippen LogP contribution is -2.17. The minimum atomic E-state index is -0.742. The fourth-order valence-corrected chi connectivity index (χ4v) is 2.37. The fraction of sp³-hybridized carbons (Fsp3) is 0.462. The number of hydrogen-bond acceptors (Lipinski definition) is 3. The van der Waals surface area contributed by atoms with Gasteiger partial charge in [0.15, 0.2) is 0 Å². The molecule has 92 valence electrons. The van der Waals surface area contributed by atoms with Gasteiger partial charge in [0.2, 0.25) is 0 Å². The van der Waals surface area contributed by atoms with E-state index in [1.807, 2.05) is 19.9 Å². The molecule has 1 aliphatic heterocycles. The van der Waals surface area contributed by atoms with E-state index in [0.717, 1.165) is 16.7 Å². The van der Waals surface area contributed by atoms with Gasteiger partial charge in [0, 0.05) is 12.6 Å². The highest BCUT2D eigenvalue weighted by Crippen LogP contribution is 2.33. The van der Waals surface area contributed by atoms with E-state index in [0.29, 0.717) is 18.7 Å². The lowest BCUT2D eigenvalue weighted by atomic mass is 9.94. The van der Waals surface area contributed by atoms with Crippen molar-refractivity contribution in [3.63, 3.8) is 0 Å². The highest BCUT2D eigenvalue weighted by Gasteiger charge is 2.31. The lowest BCUT2D eigenvalue weighted by molar-refractivity contribution is -0.141. The molecule has 0 amide bonds. The third kappa shape index (κ3) is 2.13. The summed E-state index contributed by atoms with van der Waals surface area (Å²) >= 11 is 0. The van der Waals surface area contributed by atoms with Crippen LogP contribution in [0.4, 0.5) is 0 Å². The van der Waals surface area contributed by atoms with E-state index in [9.17, 15) is 9.90 Å². The number of carbonyl (C=O) groups is 1. The molecule has 2 rings (SSSR count). The molecule has 3 N–H and O–H groups in total. The molecule has 17 heavy (non-hydrogen) atoms. The maximum absolute atomic E-state index is 10.9. The van der Waals surface area contributed by atoms with Crippen molar-refractivity contribution in [1.82, 2.24) is 5.32 Å². The van der Waals surface area contributed by atoms with Gasteiger partial charge in [0.05, 0.1) is 5.92 Å². The average Bonchev–Trinajstić information content (AvgIpc) is 2.75. The molecule has 0 aromatic heterocycles. The first-order valence-electron chi connectivity index (χ1n) is 5.76. The zero-order valence-corrected chi connectivity index (χ0v) is 10.0. The number of benzene rings is 1. The SMILES string of the molecule is Cc1c(O)ccc(C2CC(C(=O)O)CN2)c1C. The molecule has 0 aliphatic carbocycles. The van der Waals surface area contributed by atoms with Crippen molar-refractivity contribution in [2.75, 3.05) is 6.54 Å². The van der Waals surface area contributed by atoms with Gasteiger partial charge in [0.1, 0.15) is 5.75 Å². The van der Waals surface area contributed by atoms with Gasteiger partial charge in [-0.3, -0.25) is 4.79 Å². The molecule has 4 heteroatoms. The summed E-state index contributed by atoms with van der Waals surface area (Å²) in [6.07, 6.45) is 0.611. The normalized spacial score (nSPS) is 23.9. The zero-order chi connectivity index (χ0) is 12.6. The van der Waals surface area contributed by atoms with Crippen LogP contribution in [0.5, 0.6) is 5.75 Å². The second-order valence-corrected chi connectivity index (χ2v) is 4.66. The molecule has 1 aromatic rings. The van der Waals surface area contributed by atoms with Crippen molar-refractivity contribution in [3.05, 3.63) is 28.8 Å². The van der Waals surface area contributed by atoms with E-state index >= 15 is 0 Å². The topological polar surface area (TPSA) is 69.6 Å². The number of phenols is 1. The van der Waals surface area contributed by atoms with Crippen molar-refractivity contribution in [3.8, 4) is 5.75 Å². The van der Waals surface area contributed by atoms with Gasteiger partial charge in [-0.15, -0.1) is 0 Å². The maximum atomic E-state index is 10.9. The first-order chi connectivity index (χ1) is 8.00. The van der Waals surface area contributed by atoms with Crippen molar-refractivity contribution >= 4 is 5.97 Å². The smallest absolute Gasteiger partial charge is 0.307 e. The quantitative estimate of drug-likeness (QED) is 0.730. The molecule has 2 unspecified atom stereocenters. The standard InChI is InChI=1S/C13H17NO3/c1-7-8(2)12(15)4-3-10(7)11-5-9(6-14-11)13(16)17/h3-4,9,11,14-15H,5-6H2,1-2H3,(H,16,17). The summed E-state index contributed by atoms with van der Waals surface area (Å²) in [6, 6.07) is 3.63. The first kappa shape index (κ1) is 11.9. The maximum Gasteiger partial charge on any atom is 0.307 e. The van der Waals surface area contributed by atoms with Gasteiger partial charge in [-0.1, -0.05) is 6.07 Å². The first-order valence-corrected chi connectivity index (χ1v) is 5.76. The van der Waals surface area contributed by atoms with E-state index < -0.39 is 5.97 Å². The molecule has 0 radical (unpaired) electrons. The third-order valence-electron chi connectivity index (χ3n) is 3.66. The Morgan fingerprint density at radius 1 is 1.35 bits per heavy atom. The number of carboxylic acid groups (broad SMARTS) is 1. The van der Waals surface area contributed by atoms with Gasteiger partial charge in [0.25, 0.3) is 0 Å². The molecule has 0 spiro atoms. The second kappa shape index (κ2) is 4.37. The summed E-state index contributed by atoms with van der Waals surface area (Å²) < 4.78 is 0. The Labute approximate surface area is 100 Å². The zero-order valence-electron chi connectivity index (χ0n) is 10.0. The minimum absolute atomic E-state index is 0.0791. The molecular weight excluding hydrogens is 218 g/mol. The van der Waals surface area contributed by atoms with E-state index in [4.69, 9.17) is 5.11 Å². The number of carboxylic acids is 1. The lowest BCUT2D eigenvalue weighted by Gasteiger charge is -2.16. The monoisotopic (exact) mass is 235 g/mol. The van der Waals surface area contributed by atoms with Crippen LogP contribution in [-0.4, -0.2) is 22.7 Å². The number of phenolic OH excluding ortho intramolecular Hbond substituents is 1. The largest absolute Gasteiger partial charge is 0.508 e. The predicted octanol–water partition coefficient (Wildman–Crippen LogP) is 1.74. The molecule has 1 saturated heterocycles. The molecule has 1 fully saturated rings. The van der Waals surface area contributed by atoms with Crippen LogP contribution in [0.3, 0.4) is 0 Å². The van der Waals surface area contributed by atoms with Crippen LogP contribution in [0.2, 0.25) is 0 Å². The van der Waals surface area contributed by atoms with E-state index in [-0.39, 0.29) is 12.0 Å². The van der Waals surface area contributed by atoms with Gasteiger partial charge >= 0.3 is 5.97 Å². The van der Waals surface area contributed by atoms with Crippen LogP contribution < -0.4 is 5.32 Å². The van der Waals surface area contributed by atoms with E-state index in [2.05, 4.69) is 5.32 Å². The van der Waals surface area contributed by atoms with Crippen molar-refractivity contribution in [2.45, 2.75) is 26.3 Å². The van der Waals surface area contributed by atoms with Crippen molar-refractivity contribution in [1.29, 1.82) is 0 Å². The summed E-state index contributed by atoms with van der Waals surface area (Å²) in [5.41, 5.74) is 2.99. The predicted molar refractivity (Wildman–Crippen MR) is 64.1 cm³/mol. The van der Waals surface area contributed by atoms with Gasteiger partial charge in [-0.2, -0.15) is 0 Å². The molecular formula is C13H17NO3. The van der Waals surface area contributed by atoms with Crippen LogP contribution in [-0.2, 0) is 4.79 Å². The van der Waals surface area contributed by atoms with Crippen molar-refractivity contribution < 1.29 is 15.0 Å². The Hall–Kier alpha value is -1.55. The Balaban J connectivity index is 2.25. The Bertz CT molecular complexity index is 456. The number of nitrogens with one attached hydrogen (secondary N) is 1. The number of hydrogen-bond donors (Lipinski definition) is 3. The highest BCUT2D eigenvalue weighted by molar-refractivity contribution is 5.71. The molecule has 0 saturated carbocycles. The fourth-order valence-electron chi connectivity index (χ4n) is 2.37. The summed E-state index contributed by atoms with van der Waals surface area (Å²) in [4.78, 5) is 10.9. The van der Waals surface area contributed by atoms with Crippen LogP contribution in [0.1, 0.15) is 29.2 Å². The number of rotatable bonds is 2. The Kier molecular flexibility index (Phi) is 3.07. The average molecular weight is 235 g/mol. The van der Waals surface area contributed by atoms with Crippen molar-refractivity contribution in [2.24, 2.45) is 5.92 Å². The third-order valence-corrected chi connectivity index (χ3v) is 3.66. The van der Waals surface area contributed by atoms with Gasteiger partial charge in [-0.05, 0) is 43.0 Å². The van der Waals surface area contributed by atoms with Gasteiger partial charge < -0.3 is 15.5 Å². The number of aliphatic carboxylic acids is 1. The van der Waals surface area contributed by atoms with Crippen LogP contribution in [0.15, 0.2) is 12.1 Å². The summed E-state index contributed by atoms with van der Waals surface area (Å²) in [6.45, 7) is 4.34. The number of aromatic hydroxyl groups is 1. The Morgan fingerprint density at radius 3 is 2.65 bits per heavy atom. The minimum Gasteiger partial charge on any atom is -0.508 e. The summed E-state index contributed by atoms with van der Waals surface area (Å²) in [7, 11) is 0. The van der Waals surface area contributed by atoms with Crippen LogP contribution in [0, 0.1) is 19.8 Å². The molecule has 0 bridgehead atoms. The second-order valence-electron chi connectivity index (χ2n) is 4.66. The highest BCUT2D eigenvalue weighted by atomic mass is 16.4. The summed E-state index contributed by atoms with van der Waals surface area (Å²) in [5, 5.41) is 21.8. The molecule has 2 atom stereocenters. The van der Waals surface area contributed by atoms with Crippen LogP contribution in [0.25, 0.3) is 0 Å². The van der Waals surface area contributed by atoms with E-state index in [1.165, 1.54) is 0 Å². The summed E-state index contributed by atoms with van der Waals surface area (Å²) in [5.74, 6) is -0.763. The van der Waals surface area contributed by atoms with Crippen LogP contribution >= 0.6 is 0 Å². The van der Waals surface area contributed by atoms with E-state index in [1.54, 1.807) is 6.07 Å². The molecule has 1 aliphatic rings. The van der Waals surface area contributed by atoms with Gasteiger partial charge in [-0.25, -0.2) is 0 Å². The Morgan fingerprint density at radius 2 is 2.06 bits per heavy atom. The molecule has 1 aromatic carbocycles.